The Morgan fingerprint density at radius 1 is 0.516 bits per heavy atom. The molecule has 28 heteroatoms. The van der Waals surface area contributed by atoms with E-state index in [1.54, 1.807) is 54.6 Å². The van der Waals surface area contributed by atoms with Gasteiger partial charge in [-0.05, 0) is 202 Å². The molecule has 9 aromatic rings. The quantitative estimate of drug-likeness (QED) is 0.0490. The van der Waals surface area contributed by atoms with Gasteiger partial charge in [0.1, 0.15) is 17.2 Å². The Bertz CT molecular complexity index is 4250. The fourth-order valence-electron chi connectivity index (χ4n) is 12.0. The molecule has 13 rings (SSSR count). The molecule has 95 heavy (non-hydrogen) atoms. The molecule has 4 aromatic heterocycles. The number of phenolic OH excluding ortho intramolecular Hbond substituents is 3. The molecule has 0 radical (unpaired) electrons. The molecule has 5 aromatic carbocycles. The lowest BCUT2D eigenvalue weighted by molar-refractivity contribution is -0.142. The van der Waals surface area contributed by atoms with Gasteiger partial charge in [0.2, 0.25) is 0 Å². The van der Waals surface area contributed by atoms with Crippen molar-refractivity contribution in [2.45, 2.75) is 134 Å². The number of aromatic hydroxyl groups is 3. The second-order valence-electron chi connectivity index (χ2n) is 23.5. The molecular formula is C67H66Cl2F6N14O6. The van der Waals surface area contributed by atoms with Crippen molar-refractivity contribution in [3.8, 4) is 34.6 Å². The lowest BCUT2D eigenvalue weighted by atomic mass is 9.87. The number of carbonyl (C=O) groups is 3. The van der Waals surface area contributed by atoms with Crippen LogP contribution in [0.15, 0.2) is 134 Å². The van der Waals surface area contributed by atoms with Crippen LogP contribution in [0.2, 0.25) is 10.0 Å². The van der Waals surface area contributed by atoms with Gasteiger partial charge in [-0.15, -0.1) is 0 Å². The minimum atomic E-state index is -4.65. The van der Waals surface area contributed by atoms with Gasteiger partial charge < -0.3 is 47.2 Å². The third-order valence-electron chi connectivity index (χ3n) is 16.8. The van der Waals surface area contributed by atoms with Crippen LogP contribution in [-0.4, -0.2) is 72.7 Å². The maximum absolute atomic E-state index is 13.5. The molecule has 3 atom stereocenters. The molecular weight excluding hydrogens is 1280 g/mol. The summed E-state index contributed by atoms with van der Waals surface area (Å²) < 4.78 is 83.9. The number of nitrogens with zero attached hydrogens (tertiary/aromatic N) is 8. The average molecular weight is 1350 g/mol. The van der Waals surface area contributed by atoms with Crippen LogP contribution in [-0.2, 0) is 51.2 Å². The van der Waals surface area contributed by atoms with E-state index in [0.717, 1.165) is 118 Å². The second-order valence-corrected chi connectivity index (χ2v) is 24.4. The van der Waals surface area contributed by atoms with E-state index in [9.17, 15) is 56.0 Å². The lowest BCUT2D eigenvalue weighted by Crippen LogP contribution is -2.39. The highest BCUT2D eigenvalue weighted by atomic mass is 35.5. The Labute approximate surface area is 551 Å². The summed E-state index contributed by atoms with van der Waals surface area (Å²) in [6.45, 7) is 1.29. The first-order chi connectivity index (χ1) is 45.5. The van der Waals surface area contributed by atoms with Gasteiger partial charge in [0, 0.05) is 33.9 Å². The van der Waals surface area contributed by atoms with E-state index in [-0.39, 0.29) is 77.4 Å². The molecule has 0 bridgehead atoms. The van der Waals surface area contributed by atoms with Gasteiger partial charge in [0.25, 0.3) is 5.95 Å². The maximum Gasteiger partial charge on any atom is 0.435 e. The van der Waals surface area contributed by atoms with Crippen molar-refractivity contribution in [1.29, 1.82) is 0 Å². The van der Waals surface area contributed by atoms with Crippen LogP contribution in [0.25, 0.3) is 17.3 Å². The zero-order valence-corrected chi connectivity index (χ0v) is 52.6. The number of halogens is 8. The molecule has 4 heterocycles. The normalized spacial score (nSPS) is 16.5. The minimum Gasteiger partial charge on any atom is -0.508 e. The van der Waals surface area contributed by atoms with Crippen LogP contribution < -0.4 is 31.9 Å². The summed E-state index contributed by atoms with van der Waals surface area (Å²) in [5.41, 5.74) is 7.26. The number of carbonyl (C=O) groups excluding carboxylic acids is 3. The SMILES string of the molecule is Cc1c(C(F)(F)F)nn(-c2cccc(Cl)c2)c1CNC(=O)NC1CCCc2ccc(O)cc21.O=C(NCc1cc(C(F)(F)F)nn1-c1ncccn1)NC1CCCc2ccc(O)cc21.O=C(NCc1cc(C2CC2)nn1-c1cccc(Cl)c1)NC1CCCc2ccc(O)cc21. The van der Waals surface area contributed by atoms with Gasteiger partial charge >= 0.3 is 30.4 Å². The zero-order chi connectivity index (χ0) is 67.1. The smallest absolute Gasteiger partial charge is 0.435 e. The Hall–Kier alpha value is -9.82. The fourth-order valence-corrected chi connectivity index (χ4v) is 12.4. The van der Waals surface area contributed by atoms with Crippen LogP contribution in [0, 0.1) is 6.92 Å². The molecule has 496 valence electrons. The highest BCUT2D eigenvalue weighted by Gasteiger charge is 2.39. The molecule has 9 N–H and O–H groups in total. The molecule has 4 aliphatic carbocycles. The largest absolute Gasteiger partial charge is 0.508 e. The second kappa shape index (κ2) is 28.8. The number of alkyl halides is 6. The third-order valence-corrected chi connectivity index (χ3v) is 17.2. The van der Waals surface area contributed by atoms with Crippen molar-refractivity contribution in [3.63, 3.8) is 0 Å². The van der Waals surface area contributed by atoms with E-state index < -0.39 is 35.8 Å². The summed E-state index contributed by atoms with van der Waals surface area (Å²) >= 11 is 12.2. The van der Waals surface area contributed by atoms with Crippen LogP contribution in [0.5, 0.6) is 17.2 Å². The van der Waals surface area contributed by atoms with Crippen LogP contribution in [0.3, 0.4) is 0 Å². The van der Waals surface area contributed by atoms with Crippen molar-refractivity contribution in [2.24, 2.45) is 0 Å². The number of aromatic nitrogens is 8. The fraction of sp³-hybridized carbons (Fsp3) is 0.313. The third kappa shape index (κ3) is 16.6. The van der Waals surface area contributed by atoms with Crippen LogP contribution in [0.1, 0.15) is 149 Å². The highest BCUT2D eigenvalue weighted by Crippen LogP contribution is 2.41. The predicted octanol–water partition coefficient (Wildman–Crippen LogP) is 13.7. The molecule has 6 amide bonds. The van der Waals surface area contributed by atoms with Gasteiger partial charge in [-0.3, -0.25) is 0 Å². The Kier molecular flexibility index (Phi) is 20.2. The average Bonchev–Trinajstić information content (AvgIpc) is 1.73. The van der Waals surface area contributed by atoms with E-state index in [0.29, 0.717) is 41.0 Å². The number of fused-ring (bicyclic) bond motifs is 3. The van der Waals surface area contributed by atoms with E-state index in [4.69, 9.17) is 28.3 Å². The van der Waals surface area contributed by atoms with E-state index in [1.807, 2.05) is 47.1 Å². The van der Waals surface area contributed by atoms with Crippen molar-refractivity contribution in [2.75, 3.05) is 0 Å². The maximum atomic E-state index is 13.5. The number of phenols is 3. The molecule has 1 saturated carbocycles. The van der Waals surface area contributed by atoms with Crippen LogP contribution in [0.4, 0.5) is 40.7 Å². The van der Waals surface area contributed by atoms with Gasteiger partial charge in [-0.1, -0.05) is 53.5 Å². The predicted molar refractivity (Wildman–Crippen MR) is 340 cm³/mol. The van der Waals surface area contributed by atoms with Crippen molar-refractivity contribution < 1.29 is 56.0 Å². The number of benzene rings is 5. The zero-order valence-electron chi connectivity index (χ0n) is 51.1. The van der Waals surface area contributed by atoms with E-state index >= 15 is 0 Å². The molecule has 0 saturated heterocycles. The summed E-state index contributed by atoms with van der Waals surface area (Å²) in [5.74, 6) is 0.931. The van der Waals surface area contributed by atoms with Gasteiger partial charge in [-0.2, -0.15) is 41.6 Å². The highest BCUT2D eigenvalue weighted by molar-refractivity contribution is 6.31. The number of nitrogens with one attached hydrogen (secondary N) is 6. The van der Waals surface area contributed by atoms with Gasteiger partial charge in [-0.25, -0.2) is 38.4 Å². The number of urea groups is 3. The minimum absolute atomic E-state index is 0.0353. The topological polar surface area (TPSA) is 263 Å². The summed E-state index contributed by atoms with van der Waals surface area (Å²) in [5, 5.41) is 59.5. The summed E-state index contributed by atoms with van der Waals surface area (Å²) in [7, 11) is 0. The number of rotatable bonds is 13. The summed E-state index contributed by atoms with van der Waals surface area (Å²) in [6, 6.07) is 31.9. The Morgan fingerprint density at radius 2 is 0.968 bits per heavy atom. The molecule has 20 nitrogen and oxygen atoms in total. The van der Waals surface area contributed by atoms with Crippen LogP contribution >= 0.6 is 23.2 Å². The monoisotopic (exact) mass is 1350 g/mol. The molecule has 3 unspecified atom stereocenters. The Balaban J connectivity index is 0.000000145. The molecule has 1 fully saturated rings. The Morgan fingerprint density at radius 3 is 1.41 bits per heavy atom. The molecule has 0 spiro atoms. The van der Waals surface area contributed by atoms with E-state index in [2.05, 4.69) is 58.1 Å². The molecule has 0 aliphatic heterocycles. The molecule has 4 aliphatic rings. The van der Waals surface area contributed by atoms with Gasteiger partial charge in [0.15, 0.2) is 11.4 Å². The standard InChI is InChI=1S/C24H25ClN4O2.C23H22ClF3N4O2.C20H19F3N6O2/c25-17-4-2-5-18(11-17)29-19(12-23(28-29)16-7-8-16)14-26-24(31)27-22-6-1-3-15-9-10-20(30)13-21(15)22;1-13-20(31(30-21(13)23(25,26)27)16-6-3-5-15(24)10-16)12-28-22(33)29-19-7-2-4-14-8-9-17(32)11-18(14)19;21-20(22,23)17-9-13(29(28-17)18-24-7-2-8-25-18)11-26-19(31)27-16-4-1-3-12-5-6-14(30)10-15(12)16/h2,4-5,9-13,16,22,30H,1,3,6-8,14H2,(H2,26,27,31);3,5-6,8-11,19,32H,2,4,7,12H2,1H3,(H2,28,29,33);2,5-10,16,30H,1,3-4,11H2,(H2,26,27,31). The van der Waals surface area contributed by atoms with E-state index in [1.165, 1.54) is 37.0 Å². The number of amides is 6. The van der Waals surface area contributed by atoms with Crippen molar-refractivity contribution in [3.05, 3.63) is 217 Å². The van der Waals surface area contributed by atoms with Crippen molar-refractivity contribution in [1.82, 2.24) is 71.2 Å². The number of hydrogen-bond acceptors (Lipinski definition) is 11. The first kappa shape index (κ1) is 66.6. The van der Waals surface area contributed by atoms with Crippen molar-refractivity contribution >= 4 is 41.3 Å². The number of hydrogen-bond donors (Lipinski definition) is 9. The summed E-state index contributed by atoms with van der Waals surface area (Å²) in [6.07, 6.45) is 3.48. The first-order valence-electron chi connectivity index (χ1n) is 30.8. The lowest BCUT2D eigenvalue weighted by Gasteiger charge is -2.26. The number of aryl methyl sites for hydroxylation is 3. The van der Waals surface area contributed by atoms with Gasteiger partial charge in [0.05, 0.1) is 71.9 Å². The first-order valence-corrected chi connectivity index (χ1v) is 31.5. The summed E-state index contributed by atoms with van der Waals surface area (Å²) in [4.78, 5) is 45.7.